The summed E-state index contributed by atoms with van der Waals surface area (Å²) in [7, 11) is 0. The van der Waals surface area contributed by atoms with E-state index in [0.717, 1.165) is 5.69 Å². The zero-order valence-corrected chi connectivity index (χ0v) is 11.9. The van der Waals surface area contributed by atoms with E-state index in [4.69, 9.17) is 12.2 Å². The maximum absolute atomic E-state index is 5.39. The number of nitrogens with one attached hydrogen (secondary N) is 1. The van der Waals surface area contributed by atoms with Crippen molar-refractivity contribution in [3.05, 3.63) is 54.6 Å². The van der Waals surface area contributed by atoms with E-state index in [0.29, 0.717) is 18.2 Å². The van der Waals surface area contributed by atoms with Gasteiger partial charge in [0.2, 0.25) is 0 Å². The topological polar surface area (TPSA) is 15.3 Å². The van der Waals surface area contributed by atoms with Crippen LogP contribution in [-0.2, 0) is 0 Å². The number of rotatable bonds is 5. The number of hydrogen-bond acceptors (Lipinski definition) is 1. The van der Waals surface area contributed by atoms with Gasteiger partial charge in [-0.1, -0.05) is 18.2 Å². The lowest BCUT2D eigenvalue weighted by Gasteiger charge is -2.23. The zero-order valence-electron chi connectivity index (χ0n) is 11.1. The van der Waals surface area contributed by atoms with Crippen molar-refractivity contribution in [2.75, 3.05) is 18.4 Å². The summed E-state index contributed by atoms with van der Waals surface area (Å²) < 4.78 is 0. The van der Waals surface area contributed by atoms with Crippen LogP contribution in [0.3, 0.4) is 0 Å². The second-order valence-corrected chi connectivity index (χ2v) is 4.68. The molecule has 0 saturated heterocycles. The monoisotopic (exact) mass is 260 g/mol. The van der Waals surface area contributed by atoms with Crippen LogP contribution < -0.4 is 5.32 Å². The predicted octanol–water partition coefficient (Wildman–Crippen LogP) is 3.67. The van der Waals surface area contributed by atoms with Crippen LogP contribution in [0.25, 0.3) is 0 Å². The molecule has 1 aromatic carbocycles. The Hall–Kier alpha value is -1.61. The summed E-state index contributed by atoms with van der Waals surface area (Å²) in [4.78, 5) is 2.01. The molecule has 18 heavy (non-hydrogen) atoms. The van der Waals surface area contributed by atoms with E-state index < -0.39 is 0 Å². The highest BCUT2D eigenvalue weighted by Gasteiger charge is 2.06. The van der Waals surface area contributed by atoms with E-state index in [2.05, 4.69) is 50.5 Å². The fourth-order valence-electron chi connectivity index (χ4n) is 1.80. The zero-order chi connectivity index (χ0) is 13.5. The first-order valence-electron chi connectivity index (χ1n) is 5.93. The third-order valence-electron chi connectivity index (χ3n) is 2.46. The highest BCUT2D eigenvalue weighted by molar-refractivity contribution is 7.80. The van der Waals surface area contributed by atoms with Crippen molar-refractivity contribution in [3.8, 4) is 0 Å². The molecule has 1 N–H and O–H groups in total. The fourth-order valence-corrected chi connectivity index (χ4v) is 2.07. The lowest BCUT2D eigenvalue weighted by Crippen LogP contribution is -2.34. The molecule has 0 saturated carbocycles. The normalized spacial score (nSPS) is 9.67. The Morgan fingerprint density at radius 2 is 1.67 bits per heavy atom. The van der Waals surface area contributed by atoms with Crippen LogP contribution in [0.1, 0.15) is 11.1 Å². The van der Waals surface area contributed by atoms with Crippen molar-refractivity contribution in [1.29, 1.82) is 0 Å². The van der Waals surface area contributed by atoms with Crippen molar-refractivity contribution in [3.63, 3.8) is 0 Å². The van der Waals surface area contributed by atoms with Crippen LogP contribution in [0.5, 0.6) is 0 Å². The predicted molar refractivity (Wildman–Crippen MR) is 84.1 cm³/mol. The van der Waals surface area contributed by atoms with Crippen LogP contribution in [0.2, 0.25) is 0 Å². The smallest absolute Gasteiger partial charge is 0.173 e. The van der Waals surface area contributed by atoms with E-state index in [9.17, 15) is 0 Å². The molecule has 1 aromatic rings. The molecule has 2 nitrogen and oxygen atoms in total. The molecule has 0 bridgehead atoms. The lowest BCUT2D eigenvalue weighted by atomic mass is 10.1. The van der Waals surface area contributed by atoms with Gasteiger partial charge in [0.05, 0.1) is 0 Å². The van der Waals surface area contributed by atoms with Crippen LogP contribution in [0, 0.1) is 13.8 Å². The number of thiocarbonyl (C=S) groups is 1. The van der Waals surface area contributed by atoms with Crippen molar-refractivity contribution >= 4 is 23.0 Å². The highest BCUT2D eigenvalue weighted by atomic mass is 32.1. The van der Waals surface area contributed by atoms with Crippen molar-refractivity contribution in [2.24, 2.45) is 0 Å². The minimum Gasteiger partial charge on any atom is -0.342 e. The van der Waals surface area contributed by atoms with Gasteiger partial charge in [-0.15, -0.1) is 13.2 Å². The summed E-state index contributed by atoms with van der Waals surface area (Å²) in [5, 5.41) is 3.95. The highest BCUT2D eigenvalue weighted by Crippen LogP contribution is 2.14. The number of hydrogen-bond donors (Lipinski definition) is 1. The molecular weight excluding hydrogens is 240 g/mol. The largest absolute Gasteiger partial charge is 0.342 e. The summed E-state index contributed by atoms with van der Waals surface area (Å²) in [6.07, 6.45) is 3.66. The molecule has 0 aliphatic carbocycles. The number of anilines is 1. The molecule has 0 amide bonds. The van der Waals surface area contributed by atoms with Gasteiger partial charge in [-0.25, -0.2) is 0 Å². The van der Waals surface area contributed by atoms with Gasteiger partial charge in [-0.3, -0.25) is 0 Å². The third kappa shape index (κ3) is 4.34. The quantitative estimate of drug-likeness (QED) is 0.642. The molecule has 0 radical (unpaired) electrons. The maximum Gasteiger partial charge on any atom is 0.173 e. The average Bonchev–Trinajstić information content (AvgIpc) is 2.27. The van der Waals surface area contributed by atoms with Crippen LogP contribution in [0.4, 0.5) is 5.69 Å². The fraction of sp³-hybridized carbons (Fsp3) is 0.267. The number of benzene rings is 1. The molecule has 0 aliphatic heterocycles. The van der Waals surface area contributed by atoms with Gasteiger partial charge in [-0.2, -0.15) is 0 Å². The molecular formula is C15H20N2S. The molecule has 3 heteroatoms. The first-order chi connectivity index (χ1) is 8.56. The minimum atomic E-state index is 0.694. The van der Waals surface area contributed by atoms with Crippen molar-refractivity contribution < 1.29 is 0 Å². The van der Waals surface area contributed by atoms with E-state index >= 15 is 0 Å². The molecule has 0 atom stereocenters. The Labute approximate surface area is 115 Å². The molecule has 0 spiro atoms. The Kier molecular flexibility index (Phi) is 5.59. The maximum atomic E-state index is 5.39. The van der Waals surface area contributed by atoms with Crippen LogP contribution in [-0.4, -0.2) is 23.1 Å². The summed E-state index contributed by atoms with van der Waals surface area (Å²) in [5.41, 5.74) is 3.47. The summed E-state index contributed by atoms with van der Waals surface area (Å²) in [6.45, 7) is 13.0. The van der Waals surface area contributed by atoms with E-state index in [1.54, 1.807) is 0 Å². The second-order valence-electron chi connectivity index (χ2n) is 4.29. The van der Waals surface area contributed by atoms with Gasteiger partial charge in [0.15, 0.2) is 5.11 Å². The molecule has 0 aromatic heterocycles. The Morgan fingerprint density at radius 1 is 1.17 bits per heavy atom. The van der Waals surface area contributed by atoms with Crippen LogP contribution >= 0.6 is 12.2 Å². The third-order valence-corrected chi connectivity index (χ3v) is 2.82. The van der Waals surface area contributed by atoms with Gasteiger partial charge in [0, 0.05) is 18.8 Å². The Balaban J connectivity index is 2.77. The van der Waals surface area contributed by atoms with E-state index in [-0.39, 0.29) is 0 Å². The van der Waals surface area contributed by atoms with Crippen LogP contribution in [0.15, 0.2) is 43.5 Å². The first-order valence-corrected chi connectivity index (χ1v) is 6.33. The van der Waals surface area contributed by atoms with Crippen molar-refractivity contribution in [2.45, 2.75) is 13.8 Å². The minimum absolute atomic E-state index is 0.694. The summed E-state index contributed by atoms with van der Waals surface area (Å²) in [6, 6.07) is 6.30. The van der Waals surface area contributed by atoms with Gasteiger partial charge < -0.3 is 10.2 Å². The van der Waals surface area contributed by atoms with Gasteiger partial charge in [-0.05, 0) is 49.3 Å². The lowest BCUT2D eigenvalue weighted by molar-refractivity contribution is 0.522. The van der Waals surface area contributed by atoms with Crippen molar-refractivity contribution in [1.82, 2.24) is 4.90 Å². The summed E-state index contributed by atoms with van der Waals surface area (Å²) >= 11 is 5.39. The summed E-state index contributed by atoms with van der Waals surface area (Å²) in [5.74, 6) is 0. The molecule has 0 aliphatic rings. The number of aryl methyl sites for hydroxylation is 2. The van der Waals surface area contributed by atoms with Gasteiger partial charge >= 0.3 is 0 Å². The van der Waals surface area contributed by atoms with Gasteiger partial charge in [0.1, 0.15) is 0 Å². The Morgan fingerprint density at radius 3 is 2.11 bits per heavy atom. The molecule has 96 valence electrons. The second kappa shape index (κ2) is 6.97. The molecule has 0 heterocycles. The Bertz CT molecular complexity index is 422. The van der Waals surface area contributed by atoms with E-state index in [1.165, 1.54) is 11.1 Å². The molecule has 0 unspecified atom stereocenters. The number of nitrogens with zero attached hydrogens (tertiary/aromatic N) is 1. The average molecular weight is 260 g/mol. The molecule has 1 rings (SSSR count). The first kappa shape index (κ1) is 14.5. The SMILES string of the molecule is C=CCN(CC=C)C(=S)Nc1cc(C)cc(C)c1. The van der Waals surface area contributed by atoms with Gasteiger partial charge in [0.25, 0.3) is 0 Å². The standard InChI is InChI=1S/C15H20N2S/c1-5-7-17(8-6-2)15(18)16-14-10-12(3)9-13(4)11-14/h5-6,9-11H,1-2,7-8H2,3-4H3,(H,16,18). The molecule has 0 fully saturated rings. The van der Waals surface area contributed by atoms with E-state index in [1.807, 2.05) is 17.1 Å².